The summed E-state index contributed by atoms with van der Waals surface area (Å²) in [4.78, 5) is 28.6. The molecule has 0 bridgehead atoms. The van der Waals surface area contributed by atoms with E-state index in [9.17, 15) is 9.59 Å². The second-order valence-electron chi connectivity index (χ2n) is 7.28. The van der Waals surface area contributed by atoms with E-state index in [2.05, 4.69) is 6.92 Å². The van der Waals surface area contributed by atoms with Gasteiger partial charge in [0.15, 0.2) is 0 Å². The van der Waals surface area contributed by atoms with Crippen molar-refractivity contribution in [3.05, 3.63) is 29.8 Å². The minimum atomic E-state index is -0.0213. The summed E-state index contributed by atoms with van der Waals surface area (Å²) in [7, 11) is 0. The highest BCUT2D eigenvalue weighted by Crippen LogP contribution is 2.43. The fourth-order valence-corrected chi connectivity index (χ4v) is 3.84. The van der Waals surface area contributed by atoms with Crippen molar-refractivity contribution in [2.24, 2.45) is 11.3 Å². The van der Waals surface area contributed by atoms with Crippen LogP contribution in [0.5, 0.6) is 0 Å². The van der Waals surface area contributed by atoms with Gasteiger partial charge in [-0.1, -0.05) is 17.7 Å². The van der Waals surface area contributed by atoms with Gasteiger partial charge in [-0.25, -0.2) is 0 Å². The van der Waals surface area contributed by atoms with E-state index in [0.717, 1.165) is 44.6 Å². The number of benzene rings is 1. The van der Waals surface area contributed by atoms with Crippen LogP contribution in [0, 0.1) is 18.3 Å². The third-order valence-corrected chi connectivity index (χ3v) is 5.34. The molecule has 4 rings (SSSR count). The van der Waals surface area contributed by atoms with Crippen LogP contribution in [-0.4, -0.2) is 36.3 Å². The summed E-state index contributed by atoms with van der Waals surface area (Å²) in [5.41, 5.74) is 2.17. The summed E-state index contributed by atoms with van der Waals surface area (Å²) in [6.07, 6.45) is 3.64. The second-order valence-corrected chi connectivity index (χ2v) is 7.28. The van der Waals surface area contributed by atoms with Crippen LogP contribution < -0.4 is 4.90 Å². The van der Waals surface area contributed by atoms with Crippen LogP contribution in [0.2, 0.25) is 0 Å². The molecule has 2 saturated heterocycles. The van der Waals surface area contributed by atoms with E-state index >= 15 is 0 Å². The van der Waals surface area contributed by atoms with Crippen molar-refractivity contribution in [2.75, 3.05) is 24.5 Å². The van der Waals surface area contributed by atoms with Gasteiger partial charge < -0.3 is 9.80 Å². The van der Waals surface area contributed by atoms with Gasteiger partial charge in [0.2, 0.25) is 11.8 Å². The van der Waals surface area contributed by atoms with Crippen LogP contribution >= 0.6 is 0 Å². The Morgan fingerprint density at radius 1 is 1.18 bits per heavy atom. The van der Waals surface area contributed by atoms with Gasteiger partial charge in [-0.15, -0.1) is 0 Å². The molecule has 0 aromatic heterocycles. The van der Waals surface area contributed by atoms with E-state index in [1.165, 1.54) is 5.56 Å². The summed E-state index contributed by atoms with van der Waals surface area (Å²) in [5, 5.41) is 0. The zero-order valence-electron chi connectivity index (χ0n) is 13.0. The lowest BCUT2D eigenvalue weighted by atomic mass is 9.86. The second kappa shape index (κ2) is 4.83. The Morgan fingerprint density at radius 2 is 1.91 bits per heavy atom. The first-order chi connectivity index (χ1) is 10.6. The van der Waals surface area contributed by atoms with Crippen LogP contribution in [0.15, 0.2) is 24.3 Å². The van der Waals surface area contributed by atoms with E-state index in [-0.39, 0.29) is 17.2 Å². The van der Waals surface area contributed by atoms with Gasteiger partial charge >= 0.3 is 0 Å². The zero-order chi connectivity index (χ0) is 15.3. The molecule has 2 heterocycles. The number of carbonyl (C=O) groups excluding carboxylic acids is 2. The number of nitrogens with zero attached hydrogens (tertiary/aromatic N) is 2. The molecule has 116 valence electrons. The monoisotopic (exact) mass is 298 g/mol. The maximum absolute atomic E-state index is 12.5. The molecule has 4 heteroatoms. The number of carbonyl (C=O) groups is 2. The molecule has 2 aliphatic heterocycles. The van der Waals surface area contributed by atoms with E-state index in [0.29, 0.717) is 12.3 Å². The smallest absolute Gasteiger partial charge is 0.227 e. The predicted molar refractivity (Wildman–Crippen MR) is 84.5 cm³/mol. The molecule has 0 radical (unpaired) electrons. The van der Waals surface area contributed by atoms with E-state index in [1.807, 2.05) is 34.1 Å². The molecule has 1 aromatic carbocycles. The van der Waals surface area contributed by atoms with Crippen molar-refractivity contribution in [1.29, 1.82) is 0 Å². The number of hydrogen-bond donors (Lipinski definition) is 0. The van der Waals surface area contributed by atoms with E-state index in [4.69, 9.17) is 0 Å². The average Bonchev–Trinajstić information content (AvgIpc) is 3.20. The summed E-state index contributed by atoms with van der Waals surface area (Å²) in [6.45, 7) is 4.39. The van der Waals surface area contributed by atoms with Gasteiger partial charge in [0.1, 0.15) is 0 Å². The Labute approximate surface area is 131 Å². The highest BCUT2D eigenvalue weighted by molar-refractivity contribution is 5.96. The molecule has 2 amide bonds. The SMILES string of the molecule is Cc1ccc(N2C[C@@]3(CCN(C(=O)C4CC4)C3)CC2=O)cc1. The van der Waals surface area contributed by atoms with Gasteiger partial charge in [-0.2, -0.15) is 0 Å². The van der Waals surface area contributed by atoms with Crippen LogP contribution in [0.1, 0.15) is 31.2 Å². The first-order valence-corrected chi connectivity index (χ1v) is 8.22. The van der Waals surface area contributed by atoms with Gasteiger partial charge in [-0.05, 0) is 38.3 Å². The van der Waals surface area contributed by atoms with Crippen LogP contribution in [0.4, 0.5) is 5.69 Å². The number of likely N-dealkylation sites (tertiary alicyclic amines) is 1. The number of amides is 2. The fraction of sp³-hybridized carbons (Fsp3) is 0.556. The van der Waals surface area contributed by atoms with Crippen LogP contribution in [0.3, 0.4) is 0 Å². The standard InChI is InChI=1S/C18H22N2O2/c1-13-2-6-15(7-3-13)20-12-18(10-16(20)21)8-9-19(11-18)17(22)14-4-5-14/h2-3,6-7,14H,4-5,8-12H2,1H3/t18-/m0/s1. The van der Waals surface area contributed by atoms with Crippen molar-refractivity contribution in [1.82, 2.24) is 4.90 Å². The Kier molecular flexibility index (Phi) is 3.03. The molecule has 3 aliphatic rings. The molecule has 4 nitrogen and oxygen atoms in total. The van der Waals surface area contributed by atoms with Crippen LogP contribution in [-0.2, 0) is 9.59 Å². The molecule has 1 aromatic rings. The Bertz CT molecular complexity index is 620. The third kappa shape index (κ3) is 2.31. The number of anilines is 1. The molecule has 0 unspecified atom stereocenters. The van der Waals surface area contributed by atoms with Crippen LogP contribution in [0.25, 0.3) is 0 Å². The molecule has 1 atom stereocenters. The summed E-state index contributed by atoms with van der Waals surface area (Å²) in [5.74, 6) is 0.795. The summed E-state index contributed by atoms with van der Waals surface area (Å²) in [6, 6.07) is 8.14. The quantitative estimate of drug-likeness (QED) is 0.841. The van der Waals surface area contributed by atoms with Crippen molar-refractivity contribution >= 4 is 17.5 Å². The lowest BCUT2D eigenvalue weighted by Crippen LogP contribution is -2.34. The van der Waals surface area contributed by atoms with Crippen molar-refractivity contribution < 1.29 is 9.59 Å². The molecule has 1 aliphatic carbocycles. The minimum absolute atomic E-state index is 0.0213. The topological polar surface area (TPSA) is 40.6 Å². The predicted octanol–water partition coefficient (Wildman–Crippen LogP) is 2.36. The normalized spacial score (nSPS) is 28.0. The largest absolute Gasteiger partial charge is 0.342 e. The lowest BCUT2D eigenvalue weighted by molar-refractivity contribution is -0.132. The van der Waals surface area contributed by atoms with Crippen molar-refractivity contribution in [3.63, 3.8) is 0 Å². The minimum Gasteiger partial charge on any atom is -0.342 e. The van der Waals surface area contributed by atoms with E-state index in [1.54, 1.807) is 0 Å². The average molecular weight is 298 g/mol. The maximum Gasteiger partial charge on any atom is 0.227 e. The summed E-state index contributed by atoms with van der Waals surface area (Å²) >= 11 is 0. The van der Waals surface area contributed by atoms with Crippen molar-refractivity contribution in [2.45, 2.75) is 32.6 Å². The number of aryl methyl sites for hydroxylation is 1. The van der Waals surface area contributed by atoms with Gasteiger partial charge in [0, 0.05) is 43.1 Å². The molecule has 3 fully saturated rings. The first kappa shape index (κ1) is 13.8. The molecule has 22 heavy (non-hydrogen) atoms. The highest BCUT2D eigenvalue weighted by Gasteiger charge is 2.50. The van der Waals surface area contributed by atoms with Crippen molar-refractivity contribution in [3.8, 4) is 0 Å². The molecule has 1 saturated carbocycles. The van der Waals surface area contributed by atoms with Gasteiger partial charge in [0.05, 0.1) is 0 Å². The lowest BCUT2D eigenvalue weighted by Gasteiger charge is -2.24. The van der Waals surface area contributed by atoms with Gasteiger partial charge in [0.25, 0.3) is 0 Å². The maximum atomic E-state index is 12.5. The molecule has 1 spiro atoms. The first-order valence-electron chi connectivity index (χ1n) is 8.22. The molecular weight excluding hydrogens is 276 g/mol. The number of hydrogen-bond acceptors (Lipinski definition) is 2. The van der Waals surface area contributed by atoms with E-state index < -0.39 is 0 Å². The molecular formula is C18H22N2O2. The highest BCUT2D eigenvalue weighted by atomic mass is 16.2. The fourth-order valence-electron chi connectivity index (χ4n) is 3.84. The Balaban J connectivity index is 1.50. The third-order valence-electron chi connectivity index (χ3n) is 5.34. The number of rotatable bonds is 2. The van der Waals surface area contributed by atoms with Gasteiger partial charge in [-0.3, -0.25) is 9.59 Å². The Morgan fingerprint density at radius 3 is 2.59 bits per heavy atom. The summed E-state index contributed by atoms with van der Waals surface area (Å²) < 4.78 is 0. The molecule has 0 N–H and O–H groups in total. The zero-order valence-corrected chi connectivity index (χ0v) is 13.0. The Hall–Kier alpha value is -1.84.